The molecule has 1 atom stereocenters. The van der Waals surface area contributed by atoms with Gasteiger partial charge in [-0.3, -0.25) is 0 Å². The molecule has 0 aliphatic carbocycles. The smallest absolute Gasteiger partial charge is 0.147 e. The van der Waals surface area contributed by atoms with Crippen LogP contribution in [0.15, 0.2) is 54.6 Å². The molecular weight excluding hydrogens is 279 g/mol. The van der Waals surface area contributed by atoms with Crippen molar-refractivity contribution in [1.82, 2.24) is 0 Å². The fourth-order valence-electron chi connectivity index (χ4n) is 2.15. The van der Waals surface area contributed by atoms with Crippen LogP contribution in [0.3, 0.4) is 0 Å². The molecule has 2 rings (SSSR count). The van der Waals surface area contributed by atoms with E-state index in [1.807, 2.05) is 6.07 Å². The van der Waals surface area contributed by atoms with Crippen molar-refractivity contribution < 1.29 is 0 Å². The van der Waals surface area contributed by atoms with Gasteiger partial charge in [0.25, 0.3) is 7.42 Å². The normalized spacial score (nSPS) is 12.7. The maximum absolute atomic E-state index is 5.99. The van der Waals surface area contributed by atoms with Crippen molar-refractivity contribution in [2.24, 2.45) is 0 Å². The monoisotopic (exact) mass is 293 g/mol. The molecule has 0 bridgehead atoms. The van der Waals surface area contributed by atoms with Gasteiger partial charge in [-0.05, 0) is 28.7 Å². The molecule has 0 saturated heterocycles. The van der Waals surface area contributed by atoms with E-state index in [1.165, 1.54) is 16.7 Å². The predicted molar refractivity (Wildman–Crippen MR) is 82.6 cm³/mol. The number of hydrogen-bond donors (Lipinski definition) is 0. The molecule has 0 fully saturated rings. The Bertz CT molecular complexity index is 497. The van der Waals surface area contributed by atoms with Gasteiger partial charge in [-0.25, -0.2) is 0 Å². The molecule has 0 N–H and O–H groups in total. The molecule has 0 nitrogen and oxygen atoms in total. The van der Waals surface area contributed by atoms with Gasteiger partial charge in [0.05, 0.1) is 0 Å². The average molecular weight is 294 g/mol. The molecule has 0 amide bonds. The standard InChI is InChI=1S/C15H15Cl2Si/c1-12(11-18(16)17)14-9-5-6-10-15(14)13-7-3-2-4-8-13/h2-10,12H,11H2,1H3. The van der Waals surface area contributed by atoms with Gasteiger partial charge in [0, 0.05) is 0 Å². The fraction of sp³-hybridized carbons (Fsp3) is 0.200. The molecule has 0 spiro atoms. The Kier molecular flexibility index (Phi) is 4.87. The zero-order valence-electron chi connectivity index (χ0n) is 10.2. The van der Waals surface area contributed by atoms with Crippen molar-refractivity contribution >= 4 is 29.6 Å². The number of halogens is 2. The summed E-state index contributed by atoms with van der Waals surface area (Å²) in [4.78, 5) is 0. The Morgan fingerprint density at radius 2 is 1.56 bits per heavy atom. The zero-order chi connectivity index (χ0) is 13.0. The van der Waals surface area contributed by atoms with Crippen LogP contribution in [0.5, 0.6) is 0 Å². The van der Waals surface area contributed by atoms with E-state index in [2.05, 4.69) is 55.5 Å². The van der Waals surface area contributed by atoms with Crippen molar-refractivity contribution in [2.45, 2.75) is 18.9 Å². The average Bonchev–Trinajstić information content (AvgIpc) is 2.39. The quantitative estimate of drug-likeness (QED) is 0.521. The van der Waals surface area contributed by atoms with Gasteiger partial charge in [-0.1, -0.05) is 61.5 Å². The third-order valence-electron chi connectivity index (χ3n) is 3.04. The first kappa shape index (κ1) is 13.7. The predicted octanol–water partition coefficient (Wildman–Crippen LogP) is 5.42. The first-order valence-corrected chi connectivity index (χ1v) is 9.72. The molecule has 2 aromatic carbocycles. The third kappa shape index (κ3) is 3.38. The summed E-state index contributed by atoms with van der Waals surface area (Å²) in [5.74, 6) is 0.394. The highest BCUT2D eigenvalue weighted by molar-refractivity contribution is 7.33. The highest BCUT2D eigenvalue weighted by Crippen LogP contribution is 2.32. The molecule has 0 saturated carbocycles. The molecule has 93 valence electrons. The SMILES string of the molecule is CC(C[Si](Cl)Cl)c1ccccc1-c1ccccc1. The number of hydrogen-bond acceptors (Lipinski definition) is 0. The van der Waals surface area contributed by atoms with Crippen LogP contribution in [0, 0.1) is 0 Å². The molecule has 0 heterocycles. The second kappa shape index (κ2) is 6.42. The van der Waals surface area contributed by atoms with E-state index >= 15 is 0 Å². The topological polar surface area (TPSA) is 0 Å². The number of rotatable bonds is 4. The van der Waals surface area contributed by atoms with Crippen LogP contribution in [0.25, 0.3) is 11.1 Å². The molecular formula is C15H15Cl2Si. The van der Waals surface area contributed by atoms with Crippen LogP contribution in [-0.4, -0.2) is 7.42 Å². The van der Waals surface area contributed by atoms with Gasteiger partial charge in [0.15, 0.2) is 0 Å². The Morgan fingerprint density at radius 3 is 2.22 bits per heavy atom. The van der Waals surface area contributed by atoms with E-state index in [0.717, 1.165) is 6.04 Å². The van der Waals surface area contributed by atoms with Crippen LogP contribution in [0.2, 0.25) is 6.04 Å². The lowest BCUT2D eigenvalue weighted by atomic mass is 9.93. The highest BCUT2D eigenvalue weighted by atomic mass is 35.7. The molecule has 0 aliphatic rings. The molecule has 1 unspecified atom stereocenters. The summed E-state index contributed by atoms with van der Waals surface area (Å²) in [6.45, 7) is 2.19. The van der Waals surface area contributed by atoms with Gasteiger partial charge in [-0.15, -0.1) is 22.2 Å². The summed E-state index contributed by atoms with van der Waals surface area (Å²) < 4.78 is 0. The van der Waals surface area contributed by atoms with Gasteiger partial charge >= 0.3 is 0 Å². The van der Waals surface area contributed by atoms with Crippen LogP contribution in [0.4, 0.5) is 0 Å². The van der Waals surface area contributed by atoms with Gasteiger partial charge in [0.2, 0.25) is 0 Å². The minimum Gasteiger partial charge on any atom is -0.147 e. The summed E-state index contributed by atoms with van der Waals surface area (Å²) in [6, 6.07) is 19.8. The summed E-state index contributed by atoms with van der Waals surface area (Å²) >= 11 is 12.0. The third-order valence-corrected chi connectivity index (χ3v) is 4.88. The van der Waals surface area contributed by atoms with Crippen molar-refractivity contribution in [1.29, 1.82) is 0 Å². The molecule has 0 aromatic heterocycles. The Morgan fingerprint density at radius 1 is 0.944 bits per heavy atom. The molecule has 0 aliphatic heterocycles. The van der Waals surface area contributed by atoms with Crippen LogP contribution in [-0.2, 0) is 0 Å². The van der Waals surface area contributed by atoms with Crippen molar-refractivity contribution in [3.63, 3.8) is 0 Å². The Labute approximate surface area is 120 Å². The van der Waals surface area contributed by atoms with Crippen LogP contribution in [0.1, 0.15) is 18.4 Å². The van der Waals surface area contributed by atoms with E-state index in [9.17, 15) is 0 Å². The summed E-state index contributed by atoms with van der Waals surface area (Å²) in [7, 11) is -1.23. The zero-order valence-corrected chi connectivity index (χ0v) is 12.7. The second-order valence-electron chi connectivity index (χ2n) is 4.40. The van der Waals surface area contributed by atoms with Crippen molar-refractivity contribution in [2.75, 3.05) is 0 Å². The summed E-state index contributed by atoms with van der Waals surface area (Å²) in [5.41, 5.74) is 3.85. The molecule has 1 radical (unpaired) electrons. The minimum absolute atomic E-state index is 0.394. The summed E-state index contributed by atoms with van der Waals surface area (Å²) in [5, 5.41) is 0. The molecule has 18 heavy (non-hydrogen) atoms. The first-order valence-electron chi connectivity index (χ1n) is 5.99. The highest BCUT2D eigenvalue weighted by Gasteiger charge is 2.15. The van der Waals surface area contributed by atoms with E-state index < -0.39 is 7.42 Å². The van der Waals surface area contributed by atoms with E-state index in [-0.39, 0.29) is 0 Å². The lowest BCUT2D eigenvalue weighted by Crippen LogP contribution is -2.02. The Balaban J connectivity index is 2.37. The summed E-state index contributed by atoms with van der Waals surface area (Å²) in [6.07, 6.45) is 0. The van der Waals surface area contributed by atoms with Gasteiger partial charge in [-0.2, -0.15) is 0 Å². The Hall–Kier alpha value is -0.763. The van der Waals surface area contributed by atoms with Crippen molar-refractivity contribution in [3.05, 3.63) is 60.2 Å². The lowest BCUT2D eigenvalue weighted by Gasteiger charge is -2.16. The van der Waals surface area contributed by atoms with Gasteiger partial charge in [0.1, 0.15) is 0 Å². The minimum atomic E-state index is -1.23. The van der Waals surface area contributed by atoms with Crippen LogP contribution >= 0.6 is 22.2 Å². The van der Waals surface area contributed by atoms with Gasteiger partial charge < -0.3 is 0 Å². The van der Waals surface area contributed by atoms with Crippen molar-refractivity contribution in [3.8, 4) is 11.1 Å². The molecule has 3 heteroatoms. The number of benzene rings is 2. The lowest BCUT2D eigenvalue weighted by molar-refractivity contribution is 0.863. The van der Waals surface area contributed by atoms with E-state index in [1.54, 1.807) is 0 Å². The van der Waals surface area contributed by atoms with E-state index in [4.69, 9.17) is 22.2 Å². The maximum atomic E-state index is 5.99. The maximum Gasteiger partial charge on any atom is 0.274 e. The molecule has 2 aromatic rings. The second-order valence-corrected chi connectivity index (χ2v) is 8.80. The fourth-order valence-corrected chi connectivity index (χ4v) is 4.22. The van der Waals surface area contributed by atoms with Crippen LogP contribution < -0.4 is 0 Å². The first-order chi connectivity index (χ1) is 8.68. The largest absolute Gasteiger partial charge is 0.274 e. The van der Waals surface area contributed by atoms with E-state index in [0.29, 0.717) is 5.92 Å².